The number of carbonyl (C=O) groups excluding carboxylic acids is 1. The zero-order valence-electron chi connectivity index (χ0n) is 10.7. The molecule has 106 valence electrons. The highest BCUT2D eigenvalue weighted by Gasteiger charge is 2.20. The van der Waals surface area contributed by atoms with Crippen molar-refractivity contribution in [3.05, 3.63) is 23.5 Å². The lowest BCUT2D eigenvalue weighted by Gasteiger charge is -2.12. The van der Waals surface area contributed by atoms with Crippen molar-refractivity contribution >= 4 is 23.0 Å². The van der Waals surface area contributed by atoms with Gasteiger partial charge < -0.3 is 20.1 Å². The van der Waals surface area contributed by atoms with Crippen molar-refractivity contribution in [1.29, 1.82) is 0 Å². The Bertz CT molecular complexity index is 652. The molecular weight excluding hydrogens is 266 g/mol. The molecule has 0 aromatic carbocycles. The van der Waals surface area contributed by atoms with Crippen LogP contribution in [0.4, 0.5) is 0 Å². The lowest BCUT2D eigenvalue weighted by molar-refractivity contribution is -0.139. The number of carboxylic acids is 1. The molecule has 1 atom stereocenters. The summed E-state index contributed by atoms with van der Waals surface area (Å²) in [6.45, 7) is 1.38. The Hall–Kier alpha value is -2.48. The van der Waals surface area contributed by atoms with Crippen molar-refractivity contribution in [2.24, 2.45) is 0 Å². The summed E-state index contributed by atoms with van der Waals surface area (Å²) in [5.74, 6) is -1.79. The topological polar surface area (TPSA) is 126 Å². The van der Waals surface area contributed by atoms with Crippen LogP contribution in [0.2, 0.25) is 0 Å². The van der Waals surface area contributed by atoms with Crippen molar-refractivity contribution in [1.82, 2.24) is 15.5 Å². The minimum atomic E-state index is -1.21. The number of fused-ring (bicyclic) bond motifs is 1. The van der Waals surface area contributed by atoms with Crippen LogP contribution in [0.15, 0.2) is 16.8 Å². The van der Waals surface area contributed by atoms with Crippen LogP contribution < -0.4 is 5.32 Å². The van der Waals surface area contributed by atoms with E-state index in [1.54, 1.807) is 6.92 Å². The van der Waals surface area contributed by atoms with Gasteiger partial charge in [0.2, 0.25) is 0 Å². The Labute approximate surface area is 113 Å². The molecular formula is C12H13N3O5. The van der Waals surface area contributed by atoms with E-state index < -0.39 is 17.9 Å². The maximum Gasteiger partial charge on any atom is 0.326 e. The SMILES string of the molecule is Cc1noc2ncc(C(=O)N[C@H](CCO)C(=O)O)cc12. The third kappa shape index (κ3) is 2.75. The first-order valence-corrected chi connectivity index (χ1v) is 5.89. The van der Waals surface area contributed by atoms with E-state index >= 15 is 0 Å². The number of pyridine rings is 1. The molecule has 0 bridgehead atoms. The van der Waals surface area contributed by atoms with Gasteiger partial charge in [-0.3, -0.25) is 4.79 Å². The predicted molar refractivity (Wildman–Crippen MR) is 67.1 cm³/mol. The summed E-state index contributed by atoms with van der Waals surface area (Å²) in [6, 6.07) is 0.383. The monoisotopic (exact) mass is 279 g/mol. The van der Waals surface area contributed by atoms with Crippen LogP contribution in [-0.2, 0) is 4.79 Å². The van der Waals surface area contributed by atoms with Crippen LogP contribution in [0.3, 0.4) is 0 Å². The summed E-state index contributed by atoms with van der Waals surface area (Å²) in [5.41, 5.74) is 1.10. The Kier molecular flexibility index (Phi) is 3.94. The second-order valence-electron chi connectivity index (χ2n) is 4.22. The van der Waals surface area contributed by atoms with Crippen LogP contribution in [-0.4, -0.2) is 44.9 Å². The normalized spacial score (nSPS) is 12.3. The molecule has 0 aliphatic carbocycles. The van der Waals surface area contributed by atoms with Gasteiger partial charge in [0.15, 0.2) is 0 Å². The minimum absolute atomic E-state index is 0.0664. The average Bonchev–Trinajstić information content (AvgIpc) is 2.79. The van der Waals surface area contributed by atoms with E-state index in [0.29, 0.717) is 16.8 Å². The van der Waals surface area contributed by atoms with Gasteiger partial charge in [0.1, 0.15) is 6.04 Å². The third-order valence-electron chi connectivity index (χ3n) is 2.79. The molecule has 2 heterocycles. The zero-order valence-corrected chi connectivity index (χ0v) is 10.7. The molecule has 0 saturated carbocycles. The van der Waals surface area contributed by atoms with E-state index in [0.717, 1.165) is 0 Å². The highest BCUT2D eigenvalue weighted by Crippen LogP contribution is 2.16. The fourth-order valence-electron chi connectivity index (χ4n) is 1.70. The first kappa shape index (κ1) is 13.9. The molecule has 0 saturated heterocycles. The highest BCUT2D eigenvalue weighted by atomic mass is 16.5. The number of carbonyl (C=O) groups is 2. The molecule has 0 aliphatic rings. The molecule has 8 nitrogen and oxygen atoms in total. The van der Waals surface area contributed by atoms with Crippen molar-refractivity contribution in [3.63, 3.8) is 0 Å². The van der Waals surface area contributed by atoms with Crippen LogP contribution in [0.5, 0.6) is 0 Å². The number of aryl methyl sites for hydroxylation is 1. The molecule has 0 fully saturated rings. The predicted octanol–water partition coefficient (Wildman–Crippen LogP) is 0.0966. The fraction of sp³-hybridized carbons (Fsp3) is 0.333. The number of rotatable bonds is 5. The molecule has 0 spiro atoms. The third-order valence-corrected chi connectivity index (χ3v) is 2.79. The Morgan fingerprint density at radius 3 is 2.90 bits per heavy atom. The average molecular weight is 279 g/mol. The molecule has 3 N–H and O–H groups in total. The quantitative estimate of drug-likeness (QED) is 0.708. The summed E-state index contributed by atoms with van der Waals surface area (Å²) in [5, 5.41) is 24.3. The van der Waals surface area contributed by atoms with Crippen LogP contribution in [0.1, 0.15) is 22.5 Å². The smallest absolute Gasteiger partial charge is 0.326 e. The van der Waals surface area contributed by atoms with Gasteiger partial charge in [0, 0.05) is 19.2 Å². The lowest BCUT2D eigenvalue weighted by atomic mass is 10.1. The number of hydrogen-bond acceptors (Lipinski definition) is 6. The summed E-state index contributed by atoms with van der Waals surface area (Å²) in [6.07, 6.45) is 1.21. The number of aliphatic hydroxyl groups is 1. The molecule has 2 aromatic rings. The summed E-state index contributed by atoms with van der Waals surface area (Å²) in [4.78, 5) is 26.8. The van der Waals surface area contributed by atoms with E-state index in [1.165, 1.54) is 12.3 Å². The van der Waals surface area contributed by atoms with Crippen molar-refractivity contribution in [3.8, 4) is 0 Å². The van der Waals surface area contributed by atoms with E-state index in [9.17, 15) is 9.59 Å². The van der Waals surface area contributed by atoms with E-state index in [4.69, 9.17) is 14.7 Å². The highest BCUT2D eigenvalue weighted by molar-refractivity contribution is 5.98. The molecule has 2 aromatic heterocycles. The minimum Gasteiger partial charge on any atom is -0.480 e. The van der Waals surface area contributed by atoms with Gasteiger partial charge in [-0.25, -0.2) is 9.78 Å². The maximum atomic E-state index is 12.0. The van der Waals surface area contributed by atoms with Crippen LogP contribution in [0, 0.1) is 6.92 Å². The van der Waals surface area contributed by atoms with Crippen molar-refractivity contribution in [2.45, 2.75) is 19.4 Å². The van der Waals surface area contributed by atoms with Gasteiger partial charge in [-0.1, -0.05) is 5.16 Å². The zero-order chi connectivity index (χ0) is 14.7. The number of aliphatic hydroxyl groups excluding tert-OH is 1. The van der Waals surface area contributed by atoms with E-state index in [1.807, 2.05) is 0 Å². The van der Waals surface area contributed by atoms with Crippen LogP contribution >= 0.6 is 0 Å². The second-order valence-corrected chi connectivity index (χ2v) is 4.22. The maximum absolute atomic E-state index is 12.0. The summed E-state index contributed by atoms with van der Waals surface area (Å²) >= 11 is 0. The number of amides is 1. The lowest BCUT2D eigenvalue weighted by Crippen LogP contribution is -2.41. The molecule has 2 rings (SSSR count). The summed E-state index contributed by atoms with van der Waals surface area (Å²) in [7, 11) is 0. The van der Waals surface area contributed by atoms with Crippen molar-refractivity contribution < 1.29 is 24.3 Å². The number of aliphatic carboxylic acids is 1. The van der Waals surface area contributed by atoms with Gasteiger partial charge in [0.25, 0.3) is 11.6 Å². The Balaban J connectivity index is 2.22. The van der Waals surface area contributed by atoms with Crippen LogP contribution in [0.25, 0.3) is 11.1 Å². The van der Waals surface area contributed by atoms with Gasteiger partial charge in [-0.05, 0) is 13.0 Å². The number of carboxylic acid groups (broad SMARTS) is 1. The second kappa shape index (κ2) is 5.66. The first-order valence-electron chi connectivity index (χ1n) is 5.89. The van der Waals surface area contributed by atoms with E-state index in [-0.39, 0.29) is 18.6 Å². The number of aromatic nitrogens is 2. The first-order chi connectivity index (χ1) is 9.52. The molecule has 0 aliphatic heterocycles. The molecule has 8 heteroatoms. The van der Waals surface area contributed by atoms with Gasteiger partial charge in [-0.2, -0.15) is 0 Å². The van der Waals surface area contributed by atoms with Crippen molar-refractivity contribution in [2.75, 3.05) is 6.61 Å². The molecule has 1 amide bonds. The molecule has 0 radical (unpaired) electrons. The number of hydrogen-bond donors (Lipinski definition) is 3. The van der Waals surface area contributed by atoms with E-state index in [2.05, 4.69) is 15.5 Å². The molecule has 0 unspecified atom stereocenters. The van der Waals surface area contributed by atoms with Gasteiger partial charge in [0.05, 0.1) is 16.6 Å². The Morgan fingerprint density at radius 2 is 2.25 bits per heavy atom. The fourth-order valence-corrected chi connectivity index (χ4v) is 1.70. The van der Waals surface area contributed by atoms with Gasteiger partial charge in [-0.15, -0.1) is 0 Å². The standard InChI is InChI=1S/C12H13N3O5/c1-6-8-4-7(5-13-11(8)20-15-6)10(17)14-9(2-3-16)12(18)19/h4-5,9,16H,2-3H2,1H3,(H,14,17)(H,18,19)/t9-/m1/s1. The van der Waals surface area contributed by atoms with Gasteiger partial charge >= 0.3 is 5.97 Å². The summed E-state index contributed by atoms with van der Waals surface area (Å²) < 4.78 is 4.92. The molecule has 20 heavy (non-hydrogen) atoms. The largest absolute Gasteiger partial charge is 0.480 e. The number of nitrogens with zero attached hydrogens (tertiary/aromatic N) is 2. The number of nitrogens with one attached hydrogen (secondary N) is 1. The Morgan fingerprint density at radius 1 is 1.50 bits per heavy atom.